The predicted molar refractivity (Wildman–Crippen MR) is 97.4 cm³/mol. The van der Waals surface area contributed by atoms with Gasteiger partial charge in [-0.15, -0.1) is 0 Å². The van der Waals surface area contributed by atoms with E-state index < -0.39 is 0 Å². The van der Waals surface area contributed by atoms with Crippen molar-refractivity contribution >= 4 is 22.6 Å². The number of anilines is 1. The van der Waals surface area contributed by atoms with E-state index in [-0.39, 0.29) is 11.8 Å². The number of carbonyl (C=O) groups excluding carboxylic acids is 1. The number of nitrogens with one attached hydrogen (secondary N) is 1. The van der Waals surface area contributed by atoms with E-state index in [1.807, 2.05) is 48.8 Å². The maximum Gasteiger partial charge on any atom is 0.227 e. The maximum absolute atomic E-state index is 12.3. The molecular formula is C20H21N3O2. The Morgan fingerprint density at radius 3 is 2.68 bits per heavy atom. The van der Waals surface area contributed by atoms with Gasteiger partial charge in [0.25, 0.3) is 0 Å². The summed E-state index contributed by atoms with van der Waals surface area (Å²) in [4.78, 5) is 16.7. The molecule has 2 aromatic carbocycles. The van der Waals surface area contributed by atoms with Gasteiger partial charge in [-0.3, -0.25) is 4.79 Å². The lowest BCUT2D eigenvalue weighted by atomic mass is 9.99. The van der Waals surface area contributed by atoms with Crippen LogP contribution in [0.1, 0.15) is 18.4 Å². The molecule has 5 heteroatoms. The number of aromatic nitrogens is 2. The first-order valence-electron chi connectivity index (χ1n) is 8.67. The molecule has 1 aliphatic rings. The molecule has 0 saturated carbocycles. The van der Waals surface area contributed by atoms with Crippen LogP contribution in [0, 0.1) is 5.92 Å². The van der Waals surface area contributed by atoms with E-state index >= 15 is 0 Å². The van der Waals surface area contributed by atoms with Crippen LogP contribution in [0.3, 0.4) is 0 Å². The first-order valence-corrected chi connectivity index (χ1v) is 8.67. The standard InChI is InChI=1S/C20H21N3O2/c24-20(16-9-11-25-12-10-16)22-17-7-5-15(6-8-17)13-23-14-21-18-3-1-2-4-19(18)23/h1-8,14,16H,9-13H2,(H,22,24). The molecule has 128 valence electrons. The lowest BCUT2D eigenvalue weighted by Gasteiger charge is -2.21. The van der Waals surface area contributed by atoms with Crippen molar-refractivity contribution in [1.82, 2.24) is 9.55 Å². The van der Waals surface area contributed by atoms with Gasteiger partial charge in [-0.2, -0.15) is 0 Å². The number of nitrogens with zero attached hydrogens (tertiary/aromatic N) is 2. The Labute approximate surface area is 146 Å². The Kier molecular flexibility index (Phi) is 4.48. The molecule has 25 heavy (non-hydrogen) atoms. The van der Waals surface area contributed by atoms with Crippen LogP contribution < -0.4 is 5.32 Å². The van der Waals surface area contributed by atoms with Gasteiger partial charge >= 0.3 is 0 Å². The fourth-order valence-electron chi connectivity index (χ4n) is 3.23. The molecule has 0 radical (unpaired) electrons. The van der Waals surface area contributed by atoms with E-state index in [0.29, 0.717) is 13.2 Å². The molecule has 1 aromatic heterocycles. The molecule has 0 atom stereocenters. The molecule has 1 saturated heterocycles. The molecule has 1 N–H and O–H groups in total. The normalized spacial score (nSPS) is 15.4. The Balaban J connectivity index is 1.42. The van der Waals surface area contributed by atoms with Gasteiger partial charge in [0.1, 0.15) is 0 Å². The number of benzene rings is 2. The molecule has 0 aliphatic carbocycles. The molecule has 3 aromatic rings. The molecule has 1 fully saturated rings. The molecule has 0 spiro atoms. The second-order valence-corrected chi connectivity index (χ2v) is 6.43. The van der Waals surface area contributed by atoms with Crippen molar-refractivity contribution in [3.8, 4) is 0 Å². The number of hydrogen-bond donors (Lipinski definition) is 1. The highest BCUT2D eigenvalue weighted by Crippen LogP contribution is 2.19. The van der Waals surface area contributed by atoms with E-state index in [0.717, 1.165) is 36.1 Å². The smallest absolute Gasteiger partial charge is 0.227 e. The third-order valence-electron chi connectivity index (χ3n) is 4.69. The Bertz CT molecular complexity index is 864. The van der Waals surface area contributed by atoms with Crippen LogP contribution in [-0.2, 0) is 16.1 Å². The molecule has 2 heterocycles. The van der Waals surface area contributed by atoms with Crippen LogP contribution in [0.25, 0.3) is 11.0 Å². The van der Waals surface area contributed by atoms with Gasteiger partial charge in [0.15, 0.2) is 0 Å². The van der Waals surface area contributed by atoms with Gasteiger partial charge in [-0.25, -0.2) is 4.98 Å². The summed E-state index contributed by atoms with van der Waals surface area (Å²) in [6, 6.07) is 16.1. The molecule has 4 rings (SSSR count). The number of amides is 1. The first kappa shape index (κ1) is 15.8. The zero-order valence-electron chi connectivity index (χ0n) is 14.0. The average molecular weight is 335 g/mol. The lowest BCUT2D eigenvalue weighted by Crippen LogP contribution is -2.28. The Hall–Kier alpha value is -2.66. The highest BCUT2D eigenvalue weighted by molar-refractivity contribution is 5.92. The number of carbonyl (C=O) groups is 1. The summed E-state index contributed by atoms with van der Waals surface area (Å²) in [5, 5.41) is 3.01. The van der Waals surface area contributed by atoms with Gasteiger partial charge in [0.05, 0.1) is 17.4 Å². The molecule has 0 unspecified atom stereocenters. The second-order valence-electron chi connectivity index (χ2n) is 6.43. The van der Waals surface area contributed by atoms with Gasteiger partial charge in [0, 0.05) is 31.4 Å². The predicted octanol–water partition coefficient (Wildman–Crippen LogP) is 3.45. The van der Waals surface area contributed by atoms with Crippen LogP contribution in [0.4, 0.5) is 5.69 Å². The van der Waals surface area contributed by atoms with Crippen LogP contribution in [0.2, 0.25) is 0 Å². The summed E-state index contributed by atoms with van der Waals surface area (Å²) >= 11 is 0. The Morgan fingerprint density at radius 2 is 1.88 bits per heavy atom. The number of hydrogen-bond acceptors (Lipinski definition) is 3. The minimum absolute atomic E-state index is 0.0609. The fourth-order valence-corrected chi connectivity index (χ4v) is 3.23. The monoisotopic (exact) mass is 335 g/mol. The van der Waals surface area contributed by atoms with Crippen molar-refractivity contribution in [2.75, 3.05) is 18.5 Å². The summed E-state index contributed by atoms with van der Waals surface area (Å²) in [7, 11) is 0. The third kappa shape index (κ3) is 3.56. The van der Waals surface area contributed by atoms with Crippen LogP contribution >= 0.6 is 0 Å². The average Bonchev–Trinajstić information content (AvgIpc) is 3.07. The number of para-hydroxylation sites is 2. The van der Waals surface area contributed by atoms with Crippen molar-refractivity contribution < 1.29 is 9.53 Å². The summed E-state index contributed by atoms with van der Waals surface area (Å²) in [6.45, 7) is 2.11. The lowest BCUT2D eigenvalue weighted by molar-refractivity contribution is -0.122. The molecular weight excluding hydrogens is 314 g/mol. The largest absolute Gasteiger partial charge is 0.381 e. The van der Waals surface area contributed by atoms with Gasteiger partial charge in [0.2, 0.25) is 5.91 Å². The quantitative estimate of drug-likeness (QED) is 0.794. The van der Waals surface area contributed by atoms with E-state index in [1.54, 1.807) is 0 Å². The number of ether oxygens (including phenoxy) is 1. The fraction of sp³-hybridized carbons (Fsp3) is 0.300. The molecule has 1 amide bonds. The number of imidazole rings is 1. The molecule has 5 nitrogen and oxygen atoms in total. The van der Waals surface area contributed by atoms with E-state index in [1.165, 1.54) is 5.56 Å². The van der Waals surface area contributed by atoms with Gasteiger partial charge in [-0.05, 0) is 42.7 Å². The van der Waals surface area contributed by atoms with Crippen molar-refractivity contribution in [3.05, 3.63) is 60.4 Å². The van der Waals surface area contributed by atoms with Crippen LogP contribution in [0.5, 0.6) is 0 Å². The summed E-state index contributed by atoms with van der Waals surface area (Å²) in [5.41, 5.74) is 4.14. The van der Waals surface area contributed by atoms with Crippen molar-refractivity contribution in [1.29, 1.82) is 0 Å². The maximum atomic E-state index is 12.3. The Morgan fingerprint density at radius 1 is 1.12 bits per heavy atom. The van der Waals surface area contributed by atoms with Gasteiger partial charge < -0.3 is 14.6 Å². The van der Waals surface area contributed by atoms with Crippen LogP contribution in [0.15, 0.2) is 54.9 Å². The highest BCUT2D eigenvalue weighted by atomic mass is 16.5. The zero-order valence-corrected chi connectivity index (χ0v) is 14.0. The van der Waals surface area contributed by atoms with Crippen molar-refractivity contribution in [3.63, 3.8) is 0 Å². The van der Waals surface area contributed by atoms with Crippen molar-refractivity contribution in [2.24, 2.45) is 5.92 Å². The number of rotatable bonds is 4. The van der Waals surface area contributed by atoms with E-state index in [9.17, 15) is 4.79 Å². The van der Waals surface area contributed by atoms with E-state index in [4.69, 9.17) is 4.74 Å². The summed E-state index contributed by atoms with van der Waals surface area (Å²) in [6.07, 6.45) is 3.47. The highest BCUT2D eigenvalue weighted by Gasteiger charge is 2.21. The topological polar surface area (TPSA) is 56.2 Å². The molecule has 1 aliphatic heterocycles. The second kappa shape index (κ2) is 7.07. The molecule has 0 bridgehead atoms. The van der Waals surface area contributed by atoms with Crippen molar-refractivity contribution in [2.45, 2.75) is 19.4 Å². The minimum atomic E-state index is 0.0609. The van der Waals surface area contributed by atoms with Gasteiger partial charge in [-0.1, -0.05) is 24.3 Å². The van der Waals surface area contributed by atoms with E-state index in [2.05, 4.69) is 20.9 Å². The van der Waals surface area contributed by atoms with Crippen LogP contribution in [-0.4, -0.2) is 28.7 Å². The minimum Gasteiger partial charge on any atom is -0.381 e. The first-order chi connectivity index (χ1) is 12.3. The summed E-state index contributed by atoms with van der Waals surface area (Å²) < 4.78 is 7.44. The number of fused-ring (bicyclic) bond motifs is 1. The summed E-state index contributed by atoms with van der Waals surface area (Å²) in [5.74, 6) is 0.155. The zero-order chi connectivity index (χ0) is 17.1. The third-order valence-corrected chi connectivity index (χ3v) is 4.69. The SMILES string of the molecule is O=C(Nc1ccc(Cn2cnc3ccccc32)cc1)C1CCOCC1.